The minimum Gasteiger partial charge on any atom is -0.493 e. The number of likely N-dealkylation sites (tertiary alicyclic amines) is 1. The molecule has 1 aromatic heterocycles. The number of hydrogen-bond acceptors (Lipinski definition) is 5. The highest BCUT2D eigenvalue weighted by Gasteiger charge is 2.24. The highest BCUT2D eigenvalue weighted by atomic mass is 16.5. The van der Waals surface area contributed by atoms with Crippen LogP contribution in [0, 0.1) is 12.8 Å². The number of hydrogen-bond donors (Lipinski definition) is 0. The smallest absolute Gasteiger partial charge is 0.320 e. The van der Waals surface area contributed by atoms with Gasteiger partial charge in [0.05, 0.1) is 25.5 Å². The van der Waals surface area contributed by atoms with Crippen molar-refractivity contribution < 1.29 is 14.3 Å². The van der Waals surface area contributed by atoms with Gasteiger partial charge in [0.1, 0.15) is 5.75 Å². The lowest BCUT2D eigenvalue weighted by Gasteiger charge is -2.15. The van der Waals surface area contributed by atoms with Crippen molar-refractivity contribution in [1.29, 1.82) is 0 Å². The molecule has 1 fully saturated rings. The third-order valence-electron chi connectivity index (χ3n) is 5.27. The molecule has 0 radical (unpaired) electrons. The maximum absolute atomic E-state index is 11.6. The van der Waals surface area contributed by atoms with Gasteiger partial charge in [0.2, 0.25) is 0 Å². The van der Waals surface area contributed by atoms with Gasteiger partial charge in [-0.25, -0.2) is 0 Å². The molecule has 1 atom stereocenters. The van der Waals surface area contributed by atoms with Crippen LogP contribution in [0.5, 0.6) is 5.75 Å². The van der Waals surface area contributed by atoms with Crippen molar-refractivity contribution in [3.63, 3.8) is 0 Å². The lowest BCUT2D eigenvalue weighted by Crippen LogP contribution is -2.29. The van der Waals surface area contributed by atoms with E-state index in [0.29, 0.717) is 25.7 Å². The van der Waals surface area contributed by atoms with Crippen LogP contribution in [0.2, 0.25) is 0 Å². The summed E-state index contributed by atoms with van der Waals surface area (Å²) >= 11 is 0. The number of aromatic nitrogens is 1. The number of benzene rings is 1. The predicted molar refractivity (Wildman–Crippen MR) is 110 cm³/mol. The minimum atomic E-state index is -0.116. The van der Waals surface area contributed by atoms with Gasteiger partial charge < -0.3 is 9.47 Å². The lowest BCUT2D eigenvalue weighted by molar-refractivity contribution is -0.144. The third kappa shape index (κ3) is 5.55. The Morgan fingerprint density at radius 1 is 1.25 bits per heavy atom. The largest absolute Gasteiger partial charge is 0.493 e. The Morgan fingerprint density at radius 3 is 2.93 bits per heavy atom. The molecule has 5 heteroatoms. The van der Waals surface area contributed by atoms with E-state index < -0.39 is 0 Å². The standard InChI is InChI=1S/C23H30N2O3/c1-3-27-23(26)17-25-14-12-19(16-25)8-7-15-28-22-11-6-9-20(18(22)2)21-10-4-5-13-24-21/h4-6,9-11,13,19H,3,7-8,12,14-17H2,1-2H3/t19-/m1/s1. The third-order valence-corrected chi connectivity index (χ3v) is 5.27. The first-order valence-electron chi connectivity index (χ1n) is 10.2. The van der Waals surface area contributed by atoms with E-state index in [9.17, 15) is 4.79 Å². The fraction of sp³-hybridized carbons (Fsp3) is 0.478. The van der Waals surface area contributed by atoms with E-state index in [2.05, 4.69) is 22.9 Å². The SMILES string of the molecule is CCOC(=O)CN1CC[C@@H](CCCOc2cccc(-c3ccccn3)c2C)C1. The molecule has 28 heavy (non-hydrogen) atoms. The summed E-state index contributed by atoms with van der Waals surface area (Å²) in [4.78, 5) is 18.2. The topological polar surface area (TPSA) is 51.7 Å². The van der Waals surface area contributed by atoms with E-state index in [1.165, 1.54) is 0 Å². The van der Waals surface area contributed by atoms with Crippen molar-refractivity contribution in [2.75, 3.05) is 32.8 Å². The highest BCUT2D eigenvalue weighted by molar-refractivity contribution is 5.71. The van der Waals surface area contributed by atoms with Crippen LogP contribution < -0.4 is 4.74 Å². The molecule has 0 N–H and O–H groups in total. The second kappa shape index (κ2) is 10.2. The normalized spacial score (nSPS) is 16.9. The molecule has 1 aromatic carbocycles. The summed E-state index contributed by atoms with van der Waals surface area (Å²) in [6.07, 6.45) is 5.10. The summed E-state index contributed by atoms with van der Waals surface area (Å²) in [5.41, 5.74) is 3.21. The van der Waals surface area contributed by atoms with Gasteiger partial charge in [0.25, 0.3) is 0 Å². The Kier molecular flexibility index (Phi) is 7.43. The first-order chi connectivity index (χ1) is 13.7. The average molecular weight is 383 g/mol. The Balaban J connectivity index is 1.43. The monoisotopic (exact) mass is 382 g/mol. The number of rotatable bonds is 9. The Labute approximate surface area is 167 Å². The van der Waals surface area contributed by atoms with Crippen LogP contribution in [-0.2, 0) is 9.53 Å². The van der Waals surface area contributed by atoms with E-state index in [1.807, 2.05) is 43.5 Å². The molecule has 0 saturated carbocycles. The summed E-state index contributed by atoms with van der Waals surface area (Å²) in [7, 11) is 0. The molecule has 0 unspecified atom stereocenters. The van der Waals surface area contributed by atoms with Gasteiger partial charge in [0, 0.05) is 23.9 Å². The Bertz CT molecular complexity index is 764. The van der Waals surface area contributed by atoms with E-state index in [-0.39, 0.29) is 5.97 Å². The van der Waals surface area contributed by atoms with Gasteiger partial charge in [-0.2, -0.15) is 0 Å². The summed E-state index contributed by atoms with van der Waals surface area (Å²) in [5.74, 6) is 1.45. The van der Waals surface area contributed by atoms with E-state index >= 15 is 0 Å². The van der Waals surface area contributed by atoms with Gasteiger partial charge in [-0.3, -0.25) is 14.7 Å². The van der Waals surface area contributed by atoms with Gasteiger partial charge in [-0.15, -0.1) is 0 Å². The molecule has 150 valence electrons. The second-order valence-corrected chi connectivity index (χ2v) is 7.33. The predicted octanol–water partition coefficient (Wildman–Crippen LogP) is 4.10. The zero-order valence-electron chi connectivity index (χ0n) is 16.9. The van der Waals surface area contributed by atoms with E-state index in [0.717, 1.165) is 54.9 Å². The van der Waals surface area contributed by atoms with Gasteiger partial charge in [0.15, 0.2) is 0 Å². The van der Waals surface area contributed by atoms with Crippen molar-refractivity contribution in [2.45, 2.75) is 33.1 Å². The summed E-state index contributed by atoms with van der Waals surface area (Å²) in [5, 5.41) is 0. The van der Waals surface area contributed by atoms with Crippen LogP contribution in [-0.4, -0.2) is 48.7 Å². The molecule has 1 aliphatic heterocycles. The summed E-state index contributed by atoms with van der Waals surface area (Å²) < 4.78 is 11.1. The number of carbonyl (C=O) groups excluding carboxylic acids is 1. The zero-order valence-corrected chi connectivity index (χ0v) is 16.9. The van der Waals surface area contributed by atoms with Crippen LogP contribution in [0.1, 0.15) is 31.7 Å². The molecular weight excluding hydrogens is 352 g/mol. The van der Waals surface area contributed by atoms with Crippen LogP contribution >= 0.6 is 0 Å². The molecular formula is C23H30N2O3. The van der Waals surface area contributed by atoms with E-state index in [1.54, 1.807) is 0 Å². The fourth-order valence-corrected chi connectivity index (χ4v) is 3.81. The number of pyridine rings is 1. The molecule has 0 spiro atoms. The lowest BCUT2D eigenvalue weighted by atomic mass is 10.0. The second-order valence-electron chi connectivity index (χ2n) is 7.33. The first kappa shape index (κ1) is 20.3. The molecule has 5 nitrogen and oxygen atoms in total. The van der Waals surface area contributed by atoms with Gasteiger partial charge >= 0.3 is 5.97 Å². The molecule has 2 aromatic rings. The van der Waals surface area contributed by atoms with Crippen molar-refractivity contribution in [1.82, 2.24) is 9.88 Å². The van der Waals surface area contributed by atoms with Crippen molar-refractivity contribution >= 4 is 5.97 Å². The number of nitrogens with zero attached hydrogens (tertiary/aromatic N) is 2. The van der Waals surface area contributed by atoms with Crippen molar-refractivity contribution in [3.8, 4) is 17.0 Å². The first-order valence-corrected chi connectivity index (χ1v) is 10.2. The fourth-order valence-electron chi connectivity index (χ4n) is 3.81. The maximum Gasteiger partial charge on any atom is 0.320 e. The maximum atomic E-state index is 11.6. The summed E-state index contributed by atoms with van der Waals surface area (Å²) in [6, 6.07) is 12.1. The average Bonchev–Trinajstić information content (AvgIpc) is 3.14. The molecule has 0 aliphatic carbocycles. The number of esters is 1. The number of ether oxygens (including phenoxy) is 2. The molecule has 0 amide bonds. The Hall–Kier alpha value is -2.40. The van der Waals surface area contributed by atoms with E-state index in [4.69, 9.17) is 9.47 Å². The number of carbonyl (C=O) groups is 1. The summed E-state index contributed by atoms with van der Waals surface area (Å²) in [6.45, 7) is 7.47. The molecule has 2 heterocycles. The van der Waals surface area contributed by atoms with Crippen LogP contribution in [0.15, 0.2) is 42.6 Å². The highest BCUT2D eigenvalue weighted by Crippen LogP contribution is 2.29. The van der Waals surface area contributed by atoms with Crippen molar-refractivity contribution in [3.05, 3.63) is 48.2 Å². The molecule has 1 aliphatic rings. The van der Waals surface area contributed by atoms with Crippen LogP contribution in [0.25, 0.3) is 11.3 Å². The minimum absolute atomic E-state index is 0.116. The van der Waals surface area contributed by atoms with Crippen LogP contribution in [0.3, 0.4) is 0 Å². The molecule has 1 saturated heterocycles. The molecule has 0 bridgehead atoms. The van der Waals surface area contributed by atoms with Crippen molar-refractivity contribution in [2.24, 2.45) is 5.92 Å². The molecule has 3 rings (SSSR count). The zero-order chi connectivity index (χ0) is 19.8. The van der Waals surface area contributed by atoms with Gasteiger partial charge in [-0.1, -0.05) is 18.2 Å². The quantitative estimate of drug-likeness (QED) is 0.483. The van der Waals surface area contributed by atoms with Gasteiger partial charge in [-0.05, 0) is 63.8 Å². The van der Waals surface area contributed by atoms with Crippen LogP contribution in [0.4, 0.5) is 0 Å². The Morgan fingerprint density at radius 2 is 2.14 bits per heavy atom.